The van der Waals surface area contributed by atoms with Gasteiger partial charge in [-0.15, -0.1) is 0 Å². The lowest BCUT2D eigenvalue weighted by Crippen LogP contribution is -2.34. The van der Waals surface area contributed by atoms with Gasteiger partial charge in [-0.25, -0.2) is 0 Å². The molecule has 2 N–H and O–H groups in total. The maximum absolute atomic E-state index is 12.2. The second kappa shape index (κ2) is 7.98. The Hall–Kier alpha value is -3.06. The molecular weight excluding hydrogens is 300 g/mol. The molecule has 0 saturated heterocycles. The number of nitrogens with zero attached hydrogens (tertiary/aromatic N) is 1. The number of aryl methyl sites for hydroxylation is 1. The maximum Gasteiger partial charge on any atom is 0.262 e. The number of rotatable bonds is 5. The number of hydrogen-bond donors (Lipinski definition) is 2. The molecule has 2 rings (SSSR count). The van der Waals surface area contributed by atoms with E-state index in [2.05, 4.69) is 5.32 Å². The van der Waals surface area contributed by atoms with Crippen LogP contribution in [-0.2, 0) is 11.2 Å². The third kappa shape index (κ3) is 4.99. The van der Waals surface area contributed by atoms with Crippen molar-refractivity contribution in [3.8, 4) is 11.8 Å². The van der Waals surface area contributed by atoms with Crippen LogP contribution in [0.3, 0.4) is 0 Å². The van der Waals surface area contributed by atoms with Crippen molar-refractivity contribution in [2.75, 3.05) is 0 Å². The van der Waals surface area contributed by atoms with Gasteiger partial charge in [0.2, 0.25) is 0 Å². The molecule has 0 aliphatic rings. The first-order chi connectivity index (χ1) is 11.5. The van der Waals surface area contributed by atoms with Gasteiger partial charge in [0.15, 0.2) is 0 Å². The normalized spacial score (nSPS) is 12.3. The first kappa shape index (κ1) is 17.3. The highest BCUT2D eigenvalue weighted by Crippen LogP contribution is 2.13. The molecule has 0 bridgehead atoms. The number of carbonyl (C=O) groups excluding carboxylic acids is 1. The van der Waals surface area contributed by atoms with Gasteiger partial charge < -0.3 is 10.4 Å². The van der Waals surface area contributed by atoms with Gasteiger partial charge in [0.05, 0.1) is 0 Å². The predicted octanol–water partition coefficient (Wildman–Crippen LogP) is 3.36. The summed E-state index contributed by atoms with van der Waals surface area (Å²) in [7, 11) is 0. The van der Waals surface area contributed by atoms with Crippen LogP contribution < -0.4 is 5.32 Å². The molecule has 2 aromatic carbocycles. The standard InChI is InChI=1S/C20H20N2O2/c1-14-3-5-16(6-4-14)11-15(2)22-20(24)18(13-21)12-17-7-9-19(23)10-8-17/h3-10,12,15,23H,11H2,1-2H3,(H,22,24)/b18-12+. The van der Waals surface area contributed by atoms with Crippen molar-refractivity contribution in [1.29, 1.82) is 5.26 Å². The van der Waals surface area contributed by atoms with E-state index in [9.17, 15) is 15.2 Å². The molecule has 4 nitrogen and oxygen atoms in total. The largest absolute Gasteiger partial charge is 0.508 e. The first-order valence-electron chi connectivity index (χ1n) is 7.75. The lowest BCUT2D eigenvalue weighted by atomic mass is 10.0. The van der Waals surface area contributed by atoms with Crippen molar-refractivity contribution >= 4 is 12.0 Å². The minimum atomic E-state index is -0.398. The van der Waals surface area contributed by atoms with Crippen LogP contribution in [-0.4, -0.2) is 17.1 Å². The summed E-state index contributed by atoms with van der Waals surface area (Å²) in [4.78, 5) is 12.2. The number of phenols is 1. The van der Waals surface area contributed by atoms with E-state index in [1.807, 2.05) is 44.2 Å². The zero-order valence-corrected chi connectivity index (χ0v) is 13.8. The van der Waals surface area contributed by atoms with Gasteiger partial charge in [-0.2, -0.15) is 5.26 Å². The molecule has 1 atom stereocenters. The fourth-order valence-electron chi connectivity index (χ4n) is 2.32. The molecule has 0 aliphatic heterocycles. The molecule has 122 valence electrons. The molecule has 0 aromatic heterocycles. The fourth-order valence-corrected chi connectivity index (χ4v) is 2.32. The van der Waals surface area contributed by atoms with Crippen molar-refractivity contribution in [1.82, 2.24) is 5.32 Å². The highest BCUT2D eigenvalue weighted by Gasteiger charge is 2.13. The smallest absolute Gasteiger partial charge is 0.262 e. The second-order valence-electron chi connectivity index (χ2n) is 5.83. The van der Waals surface area contributed by atoms with Crippen molar-refractivity contribution in [3.05, 3.63) is 70.8 Å². The van der Waals surface area contributed by atoms with Crippen LogP contribution in [0.15, 0.2) is 54.1 Å². The number of nitrogens with one attached hydrogen (secondary N) is 1. The van der Waals surface area contributed by atoms with Crippen LogP contribution in [0.25, 0.3) is 6.08 Å². The summed E-state index contributed by atoms with van der Waals surface area (Å²) in [6.45, 7) is 3.94. The van der Waals surface area contributed by atoms with Gasteiger partial charge in [-0.1, -0.05) is 42.0 Å². The quantitative estimate of drug-likeness (QED) is 0.655. The summed E-state index contributed by atoms with van der Waals surface area (Å²) in [6.07, 6.45) is 2.21. The second-order valence-corrected chi connectivity index (χ2v) is 5.83. The van der Waals surface area contributed by atoms with E-state index in [-0.39, 0.29) is 17.4 Å². The average Bonchev–Trinajstić information content (AvgIpc) is 2.56. The molecule has 0 heterocycles. The molecule has 0 radical (unpaired) electrons. The van der Waals surface area contributed by atoms with Crippen molar-refractivity contribution in [3.63, 3.8) is 0 Å². The number of carbonyl (C=O) groups is 1. The summed E-state index contributed by atoms with van der Waals surface area (Å²) in [5, 5.41) is 21.3. The molecule has 0 fully saturated rings. The number of aromatic hydroxyl groups is 1. The minimum absolute atomic E-state index is 0.0384. The van der Waals surface area contributed by atoms with Gasteiger partial charge in [0.1, 0.15) is 17.4 Å². The van der Waals surface area contributed by atoms with Gasteiger partial charge in [-0.05, 0) is 49.6 Å². The summed E-state index contributed by atoms with van der Waals surface area (Å²) in [5.74, 6) is -0.257. The average molecular weight is 320 g/mol. The highest BCUT2D eigenvalue weighted by molar-refractivity contribution is 6.01. The Morgan fingerprint density at radius 2 is 1.83 bits per heavy atom. The predicted molar refractivity (Wildman–Crippen MR) is 94.2 cm³/mol. The van der Waals surface area contributed by atoms with E-state index >= 15 is 0 Å². The van der Waals surface area contributed by atoms with E-state index in [1.54, 1.807) is 12.1 Å². The third-order valence-corrected chi connectivity index (χ3v) is 3.61. The summed E-state index contributed by atoms with van der Waals surface area (Å²) in [5.41, 5.74) is 3.05. The zero-order chi connectivity index (χ0) is 17.5. The van der Waals surface area contributed by atoms with E-state index in [0.29, 0.717) is 12.0 Å². The minimum Gasteiger partial charge on any atom is -0.508 e. The third-order valence-electron chi connectivity index (χ3n) is 3.61. The van der Waals surface area contributed by atoms with E-state index < -0.39 is 5.91 Å². The molecule has 0 saturated carbocycles. The fraction of sp³-hybridized carbons (Fsp3) is 0.200. The number of nitriles is 1. The summed E-state index contributed by atoms with van der Waals surface area (Å²) in [6, 6.07) is 16.3. The number of hydrogen-bond acceptors (Lipinski definition) is 3. The van der Waals surface area contributed by atoms with Crippen molar-refractivity contribution in [2.45, 2.75) is 26.3 Å². The molecule has 2 aromatic rings. The highest BCUT2D eigenvalue weighted by atomic mass is 16.3. The lowest BCUT2D eigenvalue weighted by Gasteiger charge is -2.13. The van der Waals surface area contributed by atoms with Crippen molar-refractivity contribution < 1.29 is 9.90 Å². The summed E-state index contributed by atoms with van der Waals surface area (Å²) < 4.78 is 0. The molecule has 1 unspecified atom stereocenters. The Bertz CT molecular complexity index is 769. The molecule has 24 heavy (non-hydrogen) atoms. The number of phenolic OH excluding ortho intramolecular Hbond substituents is 1. The van der Waals surface area contributed by atoms with Gasteiger partial charge in [0.25, 0.3) is 5.91 Å². The van der Waals surface area contributed by atoms with Crippen LogP contribution in [0, 0.1) is 18.3 Å². The summed E-state index contributed by atoms with van der Waals surface area (Å²) >= 11 is 0. The van der Waals surface area contributed by atoms with E-state index in [4.69, 9.17) is 0 Å². The lowest BCUT2D eigenvalue weighted by molar-refractivity contribution is -0.117. The molecule has 0 aliphatic carbocycles. The zero-order valence-electron chi connectivity index (χ0n) is 13.8. The Balaban J connectivity index is 2.02. The molecular formula is C20H20N2O2. The van der Waals surface area contributed by atoms with Crippen LogP contribution in [0.2, 0.25) is 0 Å². The molecule has 0 spiro atoms. The maximum atomic E-state index is 12.2. The Kier molecular flexibility index (Phi) is 5.75. The Morgan fingerprint density at radius 3 is 2.42 bits per heavy atom. The monoisotopic (exact) mass is 320 g/mol. The van der Waals surface area contributed by atoms with Crippen LogP contribution in [0.5, 0.6) is 5.75 Å². The van der Waals surface area contributed by atoms with Gasteiger partial charge in [0, 0.05) is 6.04 Å². The molecule has 4 heteroatoms. The Labute approximate surface area is 142 Å². The first-order valence-corrected chi connectivity index (χ1v) is 7.75. The number of amides is 1. The van der Waals surface area contributed by atoms with Crippen LogP contribution in [0.1, 0.15) is 23.6 Å². The van der Waals surface area contributed by atoms with Gasteiger partial charge >= 0.3 is 0 Å². The van der Waals surface area contributed by atoms with E-state index in [1.165, 1.54) is 23.8 Å². The van der Waals surface area contributed by atoms with Crippen LogP contribution >= 0.6 is 0 Å². The van der Waals surface area contributed by atoms with E-state index in [0.717, 1.165) is 5.56 Å². The topological polar surface area (TPSA) is 73.1 Å². The Morgan fingerprint density at radius 1 is 1.21 bits per heavy atom. The number of benzene rings is 2. The SMILES string of the molecule is Cc1ccc(CC(C)NC(=O)/C(C#N)=C/c2ccc(O)cc2)cc1. The van der Waals surface area contributed by atoms with Gasteiger partial charge in [-0.3, -0.25) is 4.79 Å². The van der Waals surface area contributed by atoms with Crippen molar-refractivity contribution in [2.24, 2.45) is 0 Å². The molecule has 1 amide bonds. The van der Waals surface area contributed by atoms with Crippen LogP contribution in [0.4, 0.5) is 0 Å².